The Labute approximate surface area is 191 Å². The molecular weight excluding hydrogens is 416 g/mol. The van der Waals surface area contributed by atoms with Gasteiger partial charge in [0.15, 0.2) is 11.5 Å². The Balaban J connectivity index is 1.30. The van der Waals surface area contributed by atoms with Crippen LogP contribution in [-0.4, -0.2) is 51.8 Å². The highest BCUT2D eigenvalue weighted by Crippen LogP contribution is 2.33. The second kappa shape index (κ2) is 8.29. The van der Waals surface area contributed by atoms with Gasteiger partial charge < -0.3 is 29.8 Å². The highest BCUT2D eigenvalue weighted by Gasteiger charge is 2.18. The summed E-state index contributed by atoms with van der Waals surface area (Å²) in [5.41, 5.74) is 5.66. The van der Waals surface area contributed by atoms with E-state index in [-0.39, 0.29) is 6.10 Å². The van der Waals surface area contributed by atoms with Gasteiger partial charge >= 0.3 is 0 Å². The number of nitrogens with zero attached hydrogens (tertiary/aromatic N) is 4. The molecule has 168 valence electrons. The molecule has 4 aromatic rings. The molecule has 0 radical (unpaired) electrons. The average molecular weight is 443 g/mol. The van der Waals surface area contributed by atoms with Gasteiger partial charge in [-0.05, 0) is 55.3 Å². The Morgan fingerprint density at radius 2 is 2.06 bits per heavy atom. The number of hydrogen-bond donors (Lipinski definition) is 3. The quantitative estimate of drug-likeness (QED) is 0.442. The van der Waals surface area contributed by atoms with Gasteiger partial charge in [-0.25, -0.2) is 9.97 Å². The van der Waals surface area contributed by atoms with Gasteiger partial charge in [0.1, 0.15) is 12.4 Å². The fourth-order valence-electron chi connectivity index (χ4n) is 4.54. The number of aromatic nitrogens is 3. The van der Waals surface area contributed by atoms with Crippen molar-refractivity contribution in [3.8, 4) is 17.0 Å². The minimum absolute atomic E-state index is 0.248. The summed E-state index contributed by atoms with van der Waals surface area (Å²) >= 11 is 0. The molecule has 33 heavy (non-hydrogen) atoms. The second-order valence-electron chi connectivity index (χ2n) is 8.53. The number of β-amino-alcohol motifs (C(OH)–C–C–N with tert-alkyl or cyclic N) is 1. The van der Waals surface area contributed by atoms with Gasteiger partial charge in [0.05, 0.1) is 17.5 Å². The van der Waals surface area contributed by atoms with Crippen LogP contribution in [0.2, 0.25) is 0 Å². The molecular formula is C25H26N6O2. The Morgan fingerprint density at radius 3 is 2.94 bits per heavy atom. The lowest BCUT2D eigenvalue weighted by molar-refractivity contribution is 0.154. The minimum Gasteiger partial charge on any atom is -0.490 e. The molecule has 8 nitrogen and oxygen atoms in total. The summed E-state index contributed by atoms with van der Waals surface area (Å²) in [5, 5.41) is 16.8. The number of benzene rings is 2. The third kappa shape index (κ3) is 3.93. The van der Waals surface area contributed by atoms with E-state index in [4.69, 9.17) is 9.72 Å². The Hall–Kier alpha value is -3.78. The Morgan fingerprint density at radius 1 is 1.15 bits per heavy atom. The molecule has 1 fully saturated rings. The maximum atomic E-state index is 9.97. The van der Waals surface area contributed by atoms with Crippen molar-refractivity contribution in [2.45, 2.75) is 18.9 Å². The molecule has 3 N–H and O–H groups in total. The number of fused-ring (bicyclic) bond motifs is 2. The van der Waals surface area contributed by atoms with Crippen molar-refractivity contribution in [2.24, 2.45) is 0 Å². The molecule has 1 saturated heterocycles. The van der Waals surface area contributed by atoms with Crippen LogP contribution in [0.4, 0.5) is 22.9 Å². The summed E-state index contributed by atoms with van der Waals surface area (Å²) in [4.78, 5) is 11.6. The normalized spacial score (nSPS) is 17.8. The van der Waals surface area contributed by atoms with E-state index < -0.39 is 0 Å². The molecule has 8 heteroatoms. The molecule has 0 unspecified atom stereocenters. The number of piperidine rings is 1. The van der Waals surface area contributed by atoms with Gasteiger partial charge in [0.25, 0.3) is 0 Å². The van der Waals surface area contributed by atoms with Crippen molar-refractivity contribution >= 4 is 28.5 Å². The van der Waals surface area contributed by atoms with E-state index >= 15 is 0 Å². The van der Waals surface area contributed by atoms with Crippen LogP contribution in [0.25, 0.3) is 16.9 Å². The van der Waals surface area contributed by atoms with E-state index in [9.17, 15) is 5.11 Å². The predicted molar refractivity (Wildman–Crippen MR) is 130 cm³/mol. The minimum atomic E-state index is -0.248. The van der Waals surface area contributed by atoms with Crippen molar-refractivity contribution in [1.82, 2.24) is 14.4 Å². The first-order valence-electron chi connectivity index (χ1n) is 11.4. The number of aliphatic hydroxyl groups is 1. The highest BCUT2D eigenvalue weighted by molar-refractivity contribution is 5.76. The van der Waals surface area contributed by atoms with Crippen LogP contribution in [0.1, 0.15) is 12.8 Å². The van der Waals surface area contributed by atoms with E-state index in [0.717, 1.165) is 65.6 Å². The SMILES string of the molecule is O[C@@H]1CCCN(c2ccc(Nc3nc(-c4ccc5c(c4)NCCO5)cn4ccnc34)cc2)C1. The lowest BCUT2D eigenvalue weighted by Crippen LogP contribution is -2.38. The molecule has 4 heterocycles. The second-order valence-corrected chi connectivity index (χ2v) is 8.53. The number of ether oxygens (including phenoxy) is 1. The number of hydrogen-bond acceptors (Lipinski definition) is 7. The third-order valence-electron chi connectivity index (χ3n) is 6.22. The largest absolute Gasteiger partial charge is 0.490 e. The van der Waals surface area contributed by atoms with Crippen LogP contribution < -0.4 is 20.3 Å². The van der Waals surface area contributed by atoms with Crippen molar-refractivity contribution < 1.29 is 9.84 Å². The van der Waals surface area contributed by atoms with Crippen LogP contribution in [-0.2, 0) is 0 Å². The number of nitrogens with one attached hydrogen (secondary N) is 2. The lowest BCUT2D eigenvalue weighted by Gasteiger charge is -2.32. The third-order valence-corrected chi connectivity index (χ3v) is 6.22. The summed E-state index contributed by atoms with van der Waals surface area (Å²) in [6, 6.07) is 14.4. The van der Waals surface area contributed by atoms with Gasteiger partial charge in [-0.1, -0.05) is 0 Å². The Bertz CT molecular complexity index is 1290. The van der Waals surface area contributed by atoms with E-state index in [0.29, 0.717) is 19.0 Å². The monoisotopic (exact) mass is 442 g/mol. The van der Waals surface area contributed by atoms with Crippen molar-refractivity contribution in [3.05, 3.63) is 61.1 Å². The average Bonchev–Trinajstić information content (AvgIpc) is 3.33. The van der Waals surface area contributed by atoms with E-state index in [1.165, 1.54) is 0 Å². The molecule has 0 saturated carbocycles. The molecule has 2 aliphatic heterocycles. The summed E-state index contributed by atoms with van der Waals surface area (Å²) < 4.78 is 7.69. The topological polar surface area (TPSA) is 87.0 Å². The number of aliphatic hydroxyl groups excluding tert-OH is 1. The predicted octanol–water partition coefficient (Wildman–Crippen LogP) is 3.91. The van der Waals surface area contributed by atoms with Gasteiger partial charge in [0, 0.05) is 55.2 Å². The molecule has 2 aromatic carbocycles. The molecule has 2 aromatic heterocycles. The molecule has 2 aliphatic rings. The smallest absolute Gasteiger partial charge is 0.180 e. The molecule has 6 rings (SSSR count). The van der Waals surface area contributed by atoms with Crippen LogP contribution >= 0.6 is 0 Å². The zero-order chi connectivity index (χ0) is 22.2. The lowest BCUT2D eigenvalue weighted by atomic mass is 10.1. The maximum absolute atomic E-state index is 9.97. The standard InChI is InChI=1S/C25H26N6O2/c32-20-2-1-11-30(15-20)19-6-4-18(5-7-19)28-24-25-27-9-12-31(25)16-22(29-24)17-3-8-23-21(14-17)26-10-13-33-23/h3-9,12,14,16,20,26,32H,1-2,10-11,13,15H2,(H,28,29)/t20-/m1/s1. The number of imidazole rings is 1. The summed E-state index contributed by atoms with van der Waals surface area (Å²) in [7, 11) is 0. The van der Waals surface area contributed by atoms with Gasteiger partial charge in [-0.2, -0.15) is 0 Å². The van der Waals surface area contributed by atoms with E-state index in [1.807, 2.05) is 41.1 Å². The van der Waals surface area contributed by atoms with Gasteiger partial charge in [0.2, 0.25) is 0 Å². The van der Waals surface area contributed by atoms with Crippen LogP contribution in [0.3, 0.4) is 0 Å². The molecule has 1 atom stereocenters. The fourth-order valence-corrected chi connectivity index (χ4v) is 4.54. The number of anilines is 4. The fraction of sp³-hybridized carbons (Fsp3) is 0.280. The Kier molecular flexibility index (Phi) is 4.99. The first-order chi connectivity index (χ1) is 16.2. The summed E-state index contributed by atoms with van der Waals surface area (Å²) in [6.07, 6.45) is 7.34. The molecule has 0 bridgehead atoms. The molecule has 0 amide bonds. The summed E-state index contributed by atoms with van der Waals surface area (Å²) in [5.74, 6) is 1.56. The first-order valence-corrected chi connectivity index (χ1v) is 11.4. The maximum Gasteiger partial charge on any atom is 0.180 e. The van der Waals surface area contributed by atoms with Crippen molar-refractivity contribution in [3.63, 3.8) is 0 Å². The number of rotatable bonds is 4. The van der Waals surface area contributed by atoms with Gasteiger partial charge in [-0.3, -0.25) is 0 Å². The van der Waals surface area contributed by atoms with E-state index in [2.05, 4.69) is 38.7 Å². The molecule has 0 aliphatic carbocycles. The molecule has 0 spiro atoms. The van der Waals surface area contributed by atoms with Crippen LogP contribution in [0.15, 0.2) is 61.1 Å². The summed E-state index contributed by atoms with van der Waals surface area (Å²) in [6.45, 7) is 3.13. The zero-order valence-electron chi connectivity index (χ0n) is 18.2. The van der Waals surface area contributed by atoms with Crippen molar-refractivity contribution in [1.29, 1.82) is 0 Å². The zero-order valence-corrected chi connectivity index (χ0v) is 18.2. The van der Waals surface area contributed by atoms with Crippen LogP contribution in [0.5, 0.6) is 5.75 Å². The first kappa shape index (κ1) is 19.9. The van der Waals surface area contributed by atoms with Crippen LogP contribution in [0, 0.1) is 0 Å². The van der Waals surface area contributed by atoms with Gasteiger partial charge in [-0.15, -0.1) is 0 Å². The highest BCUT2D eigenvalue weighted by atomic mass is 16.5. The van der Waals surface area contributed by atoms with E-state index in [1.54, 1.807) is 6.20 Å². The van der Waals surface area contributed by atoms with Crippen molar-refractivity contribution in [2.75, 3.05) is 41.8 Å².